The molecule has 0 N–H and O–H groups in total. The number of benzene rings is 1. The highest BCUT2D eigenvalue weighted by atomic mass is 19.1. The van der Waals surface area contributed by atoms with Crippen LogP contribution in [0.25, 0.3) is 0 Å². The zero-order valence-corrected chi connectivity index (χ0v) is 7.50. The monoisotopic (exact) mass is 192 g/mol. The van der Waals surface area contributed by atoms with Gasteiger partial charge < -0.3 is 4.74 Å². The third kappa shape index (κ3) is 2.60. The maximum atomic E-state index is 13.1. The lowest BCUT2D eigenvalue weighted by Crippen LogP contribution is -1.98. The third-order valence-corrected chi connectivity index (χ3v) is 1.60. The summed E-state index contributed by atoms with van der Waals surface area (Å²) in [6.45, 7) is 0.272. The largest absolute Gasteiger partial charge is 0.490 e. The normalized spacial score (nSPS) is 9.14. The number of carbonyl (C=O) groups is 1. The molecule has 0 aliphatic rings. The fraction of sp³-hybridized carbons (Fsp3) is 0.182. The molecule has 1 aromatic rings. The van der Waals surface area contributed by atoms with Crippen LogP contribution in [0, 0.1) is 18.2 Å². The van der Waals surface area contributed by atoms with Crippen LogP contribution < -0.4 is 4.74 Å². The highest BCUT2D eigenvalue weighted by molar-refractivity contribution is 5.74. The van der Waals surface area contributed by atoms with E-state index in [9.17, 15) is 9.18 Å². The van der Waals surface area contributed by atoms with Crippen molar-refractivity contribution in [3.05, 3.63) is 29.6 Å². The number of aldehydes is 1. The Labute approximate surface area is 81.7 Å². The molecule has 0 saturated heterocycles. The molecule has 0 aliphatic heterocycles. The molecular weight excluding hydrogens is 183 g/mol. The highest BCUT2D eigenvalue weighted by Crippen LogP contribution is 2.17. The second-order valence-electron chi connectivity index (χ2n) is 2.61. The Morgan fingerprint density at radius 1 is 1.57 bits per heavy atom. The molecule has 0 heterocycles. The van der Waals surface area contributed by atoms with Gasteiger partial charge in [0.05, 0.1) is 6.61 Å². The lowest BCUT2D eigenvalue weighted by atomic mass is 10.2. The van der Waals surface area contributed by atoms with Gasteiger partial charge in [0.25, 0.3) is 0 Å². The van der Waals surface area contributed by atoms with Crippen molar-refractivity contribution in [1.29, 1.82) is 0 Å². The van der Waals surface area contributed by atoms with Crippen LogP contribution in [-0.4, -0.2) is 12.9 Å². The van der Waals surface area contributed by atoms with Crippen LogP contribution in [0.15, 0.2) is 18.2 Å². The predicted molar refractivity (Wildman–Crippen MR) is 50.7 cm³/mol. The van der Waals surface area contributed by atoms with Crippen LogP contribution in [0.5, 0.6) is 5.75 Å². The molecule has 0 radical (unpaired) electrons. The standard InChI is InChI=1S/C11H9FO2/c1-2-3-6-14-11-5-4-9(8-13)7-10(11)12/h1,4-5,7-8H,3,6H2. The molecule has 2 nitrogen and oxygen atoms in total. The van der Waals surface area contributed by atoms with Crippen molar-refractivity contribution in [1.82, 2.24) is 0 Å². The maximum absolute atomic E-state index is 13.1. The molecule has 0 fully saturated rings. The van der Waals surface area contributed by atoms with E-state index in [1.165, 1.54) is 12.1 Å². The van der Waals surface area contributed by atoms with Crippen molar-refractivity contribution in [2.24, 2.45) is 0 Å². The van der Waals surface area contributed by atoms with Crippen LogP contribution >= 0.6 is 0 Å². The first-order chi connectivity index (χ1) is 6.77. The molecule has 0 spiro atoms. The van der Waals surface area contributed by atoms with E-state index in [-0.39, 0.29) is 17.9 Å². The van der Waals surface area contributed by atoms with Gasteiger partial charge >= 0.3 is 0 Å². The molecule has 0 aliphatic carbocycles. The Morgan fingerprint density at radius 2 is 2.36 bits per heavy atom. The third-order valence-electron chi connectivity index (χ3n) is 1.60. The average molecular weight is 192 g/mol. The fourth-order valence-corrected chi connectivity index (χ4v) is 0.927. The van der Waals surface area contributed by atoms with E-state index in [0.717, 1.165) is 6.07 Å². The number of terminal acetylenes is 1. The molecule has 0 bridgehead atoms. The maximum Gasteiger partial charge on any atom is 0.165 e. The van der Waals surface area contributed by atoms with E-state index < -0.39 is 5.82 Å². The molecule has 72 valence electrons. The Bertz CT molecular complexity index is 366. The van der Waals surface area contributed by atoms with E-state index in [1.807, 2.05) is 0 Å². The van der Waals surface area contributed by atoms with Crippen LogP contribution in [0.2, 0.25) is 0 Å². The molecule has 3 heteroatoms. The van der Waals surface area contributed by atoms with E-state index in [1.54, 1.807) is 0 Å². The van der Waals surface area contributed by atoms with Gasteiger partial charge in [-0.3, -0.25) is 4.79 Å². The molecule has 0 atom stereocenters. The Hall–Kier alpha value is -1.82. The first-order valence-corrected chi connectivity index (χ1v) is 4.09. The van der Waals surface area contributed by atoms with Gasteiger partial charge in [-0.05, 0) is 18.2 Å². The zero-order valence-electron chi connectivity index (χ0n) is 7.50. The summed E-state index contributed by atoms with van der Waals surface area (Å²) in [5.74, 6) is 1.94. The molecular formula is C11H9FO2. The number of hydrogen-bond donors (Lipinski definition) is 0. The van der Waals surface area contributed by atoms with Gasteiger partial charge in [-0.25, -0.2) is 4.39 Å². The van der Waals surface area contributed by atoms with Crippen LogP contribution in [0.1, 0.15) is 16.8 Å². The number of halogens is 1. The molecule has 0 unspecified atom stereocenters. The van der Waals surface area contributed by atoms with E-state index in [2.05, 4.69) is 5.92 Å². The molecule has 0 aromatic heterocycles. The summed E-state index contributed by atoms with van der Waals surface area (Å²) in [4.78, 5) is 10.3. The SMILES string of the molecule is C#CCCOc1ccc(C=O)cc1F. The van der Waals surface area contributed by atoms with Crippen molar-refractivity contribution >= 4 is 6.29 Å². The van der Waals surface area contributed by atoms with Crippen molar-refractivity contribution in [3.8, 4) is 18.1 Å². The van der Waals surface area contributed by atoms with Gasteiger partial charge in [0.2, 0.25) is 0 Å². The van der Waals surface area contributed by atoms with Crippen LogP contribution in [0.3, 0.4) is 0 Å². The minimum Gasteiger partial charge on any atom is -0.490 e. The molecule has 1 aromatic carbocycles. The van der Waals surface area contributed by atoms with Gasteiger partial charge in [0.1, 0.15) is 6.29 Å². The fourth-order valence-electron chi connectivity index (χ4n) is 0.927. The number of hydrogen-bond acceptors (Lipinski definition) is 2. The van der Waals surface area contributed by atoms with Gasteiger partial charge in [-0.1, -0.05) is 0 Å². The molecule has 0 amide bonds. The summed E-state index contributed by atoms with van der Waals surface area (Å²) in [6.07, 6.45) is 6.01. The average Bonchev–Trinajstić information content (AvgIpc) is 2.20. The highest BCUT2D eigenvalue weighted by Gasteiger charge is 2.03. The summed E-state index contributed by atoms with van der Waals surface area (Å²) in [5.41, 5.74) is 0.284. The number of ether oxygens (including phenoxy) is 1. The van der Waals surface area contributed by atoms with E-state index >= 15 is 0 Å². The lowest BCUT2D eigenvalue weighted by molar-refractivity contribution is 0.112. The Balaban J connectivity index is 2.69. The van der Waals surface area contributed by atoms with Gasteiger partial charge in [-0.15, -0.1) is 12.3 Å². The second-order valence-corrected chi connectivity index (χ2v) is 2.61. The molecule has 0 saturated carbocycles. The number of carbonyl (C=O) groups excluding carboxylic acids is 1. The van der Waals surface area contributed by atoms with Crippen molar-refractivity contribution in [2.45, 2.75) is 6.42 Å². The minimum absolute atomic E-state index is 0.117. The second kappa shape index (κ2) is 5.03. The predicted octanol–water partition coefficient (Wildman–Crippen LogP) is 2.04. The summed E-state index contributed by atoms with van der Waals surface area (Å²) in [6, 6.07) is 4.02. The zero-order chi connectivity index (χ0) is 10.4. The number of rotatable bonds is 4. The van der Waals surface area contributed by atoms with Gasteiger partial charge in [0, 0.05) is 12.0 Å². The van der Waals surface area contributed by atoms with Crippen molar-refractivity contribution < 1.29 is 13.9 Å². The summed E-state index contributed by atoms with van der Waals surface area (Å²) < 4.78 is 18.2. The lowest BCUT2D eigenvalue weighted by Gasteiger charge is -2.04. The van der Waals surface area contributed by atoms with Gasteiger partial charge in [-0.2, -0.15) is 0 Å². The molecule has 14 heavy (non-hydrogen) atoms. The van der Waals surface area contributed by atoms with Crippen LogP contribution in [0.4, 0.5) is 4.39 Å². The van der Waals surface area contributed by atoms with E-state index in [0.29, 0.717) is 12.7 Å². The molecule has 1 rings (SSSR count). The quantitative estimate of drug-likeness (QED) is 0.414. The summed E-state index contributed by atoms with van der Waals surface area (Å²) in [5, 5.41) is 0. The van der Waals surface area contributed by atoms with E-state index in [4.69, 9.17) is 11.2 Å². The summed E-state index contributed by atoms with van der Waals surface area (Å²) >= 11 is 0. The minimum atomic E-state index is -0.549. The van der Waals surface area contributed by atoms with Crippen molar-refractivity contribution in [2.75, 3.05) is 6.61 Å². The Morgan fingerprint density at radius 3 is 2.93 bits per heavy atom. The summed E-state index contributed by atoms with van der Waals surface area (Å²) in [7, 11) is 0. The Kier molecular flexibility index (Phi) is 3.69. The first-order valence-electron chi connectivity index (χ1n) is 4.09. The topological polar surface area (TPSA) is 26.3 Å². The van der Waals surface area contributed by atoms with Gasteiger partial charge in [0.15, 0.2) is 11.6 Å². The first kappa shape index (κ1) is 10.3. The smallest absolute Gasteiger partial charge is 0.165 e. The van der Waals surface area contributed by atoms with Crippen molar-refractivity contribution in [3.63, 3.8) is 0 Å². The van der Waals surface area contributed by atoms with Crippen LogP contribution in [-0.2, 0) is 0 Å².